The summed E-state index contributed by atoms with van der Waals surface area (Å²) in [6.07, 6.45) is 3.85. The highest BCUT2D eigenvalue weighted by molar-refractivity contribution is 6.00. The van der Waals surface area contributed by atoms with E-state index in [1.165, 1.54) is 13.1 Å². The van der Waals surface area contributed by atoms with Crippen LogP contribution in [-0.4, -0.2) is 74.5 Å². The Bertz CT molecular complexity index is 543. The number of carbonyl (C=O) groups is 2. The molecule has 4 atom stereocenters. The summed E-state index contributed by atoms with van der Waals surface area (Å²) in [7, 11) is 1.38. The molecule has 108 valence electrons. The van der Waals surface area contributed by atoms with Crippen LogP contribution in [0.1, 0.15) is 6.42 Å². The molecule has 0 aromatic rings. The quantitative estimate of drug-likeness (QED) is 0.514. The van der Waals surface area contributed by atoms with Gasteiger partial charge in [0.1, 0.15) is 6.04 Å². The number of aliphatic hydroxyl groups excluding tert-OH is 2. The lowest BCUT2D eigenvalue weighted by molar-refractivity contribution is -0.198. The minimum Gasteiger partial charge on any atom is -0.394 e. The first-order valence-corrected chi connectivity index (χ1v) is 6.41. The maximum Gasteiger partial charge on any atom is 0.276 e. The lowest BCUT2D eigenvalue weighted by Gasteiger charge is -2.46. The summed E-state index contributed by atoms with van der Waals surface area (Å²) in [4.78, 5) is 26.9. The van der Waals surface area contributed by atoms with Crippen LogP contribution in [0.5, 0.6) is 0 Å². The number of hydrogen-bond acceptors (Lipinski definition) is 5. The molecule has 7 nitrogen and oxygen atoms in total. The number of piperazine rings is 1. The minimum absolute atomic E-state index is 0.0217. The summed E-state index contributed by atoms with van der Waals surface area (Å²) in [5.41, 5.74) is -1.34. The molecule has 0 radical (unpaired) electrons. The molecule has 1 aliphatic carbocycles. The van der Waals surface area contributed by atoms with Gasteiger partial charge in [-0.3, -0.25) is 14.5 Å². The molecule has 7 heteroatoms. The number of likely N-dealkylation sites (N-methyl/N-ethyl adjacent to an activating group) is 1. The molecule has 3 aliphatic rings. The van der Waals surface area contributed by atoms with Gasteiger partial charge in [0.05, 0.1) is 18.8 Å². The number of carbonyl (C=O) groups excluding carboxylic acids is 2. The van der Waals surface area contributed by atoms with Crippen LogP contribution in [0.25, 0.3) is 0 Å². The van der Waals surface area contributed by atoms with Crippen LogP contribution in [0.2, 0.25) is 0 Å². The highest BCUT2D eigenvalue weighted by atomic mass is 16.3. The fourth-order valence-corrected chi connectivity index (χ4v) is 3.25. The summed E-state index contributed by atoms with van der Waals surface area (Å²) in [6.45, 7) is -0.522. The predicted octanol–water partition coefficient (Wildman–Crippen LogP) is -2.03. The van der Waals surface area contributed by atoms with Crippen molar-refractivity contribution >= 4 is 11.8 Å². The van der Waals surface area contributed by atoms with Gasteiger partial charge >= 0.3 is 0 Å². The Kier molecular flexibility index (Phi) is 2.75. The first-order valence-electron chi connectivity index (χ1n) is 6.41. The summed E-state index contributed by atoms with van der Waals surface area (Å²) in [5.74, 6) is -1.20. The molecular weight excluding hydrogens is 264 g/mol. The zero-order valence-corrected chi connectivity index (χ0v) is 10.9. The number of hydrogen-bond donors (Lipinski definition) is 3. The van der Waals surface area contributed by atoms with Crippen LogP contribution >= 0.6 is 0 Å². The third-order valence-electron chi connectivity index (χ3n) is 4.28. The standard InChI is InChI=1S/C13H16N2O5/c1-14-8(6-16)11(18)15-10-7(3-2-4-9(10)17)5-13(15,20)12(14)19/h2-4,8-10,16-17,20H,5-6H2,1H3/t8-,9-,10-,13-/m0/s1. The summed E-state index contributed by atoms with van der Waals surface area (Å²) in [6, 6.07) is -1.77. The van der Waals surface area contributed by atoms with Crippen LogP contribution in [0.3, 0.4) is 0 Å². The Morgan fingerprint density at radius 1 is 1.45 bits per heavy atom. The van der Waals surface area contributed by atoms with Crippen molar-refractivity contribution in [2.75, 3.05) is 13.7 Å². The minimum atomic E-state index is -1.97. The van der Waals surface area contributed by atoms with E-state index >= 15 is 0 Å². The zero-order valence-electron chi connectivity index (χ0n) is 10.9. The van der Waals surface area contributed by atoms with Gasteiger partial charge in [-0.1, -0.05) is 18.2 Å². The van der Waals surface area contributed by atoms with Gasteiger partial charge in [-0.25, -0.2) is 0 Å². The first kappa shape index (κ1) is 13.3. The molecule has 0 aromatic heterocycles. The molecule has 0 saturated carbocycles. The van der Waals surface area contributed by atoms with Crippen LogP contribution in [0, 0.1) is 0 Å². The van der Waals surface area contributed by atoms with E-state index in [-0.39, 0.29) is 6.42 Å². The van der Waals surface area contributed by atoms with E-state index in [2.05, 4.69) is 0 Å². The number of rotatable bonds is 1. The second kappa shape index (κ2) is 4.15. The zero-order chi connectivity index (χ0) is 14.7. The monoisotopic (exact) mass is 280 g/mol. The molecule has 2 heterocycles. The van der Waals surface area contributed by atoms with Crippen LogP contribution in [0.4, 0.5) is 0 Å². The van der Waals surface area contributed by atoms with E-state index in [9.17, 15) is 24.9 Å². The molecule has 2 fully saturated rings. The maximum absolute atomic E-state index is 12.4. The van der Waals surface area contributed by atoms with Gasteiger partial charge in [-0.2, -0.15) is 0 Å². The van der Waals surface area contributed by atoms with E-state index in [0.29, 0.717) is 5.57 Å². The van der Waals surface area contributed by atoms with E-state index in [1.54, 1.807) is 12.2 Å². The fourth-order valence-electron chi connectivity index (χ4n) is 3.25. The average molecular weight is 280 g/mol. The summed E-state index contributed by atoms with van der Waals surface area (Å²) >= 11 is 0. The van der Waals surface area contributed by atoms with Crippen LogP contribution in [-0.2, 0) is 9.59 Å². The second-order valence-electron chi connectivity index (χ2n) is 5.38. The fraction of sp³-hybridized carbons (Fsp3) is 0.538. The van der Waals surface area contributed by atoms with Crippen molar-refractivity contribution in [2.24, 2.45) is 0 Å². The molecule has 0 bridgehead atoms. The van der Waals surface area contributed by atoms with E-state index in [0.717, 1.165) is 9.80 Å². The van der Waals surface area contributed by atoms with Gasteiger partial charge in [-0.05, 0) is 5.57 Å². The summed E-state index contributed by atoms with van der Waals surface area (Å²) < 4.78 is 0. The van der Waals surface area contributed by atoms with Gasteiger partial charge in [0.15, 0.2) is 0 Å². The van der Waals surface area contributed by atoms with Crippen molar-refractivity contribution in [1.29, 1.82) is 0 Å². The third-order valence-corrected chi connectivity index (χ3v) is 4.28. The van der Waals surface area contributed by atoms with Gasteiger partial charge in [0, 0.05) is 13.5 Å². The average Bonchev–Trinajstić information content (AvgIpc) is 2.72. The lowest BCUT2D eigenvalue weighted by atomic mass is 9.96. The van der Waals surface area contributed by atoms with E-state index in [1.807, 2.05) is 0 Å². The smallest absolute Gasteiger partial charge is 0.276 e. The number of allylic oxidation sites excluding steroid dienone is 2. The van der Waals surface area contributed by atoms with Crippen molar-refractivity contribution in [3.8, 4) is 0 Å². The SMILES string of the molecule is CN1C(=O)[C@@]2(O)CC3=CC=C[C@H](O)[C@H]3N2C(=O)[C@@H]1CO. The Morgan fingerprint density at radius 3 is 2.80 bits per heavy atom. The van der Waals surface area contributed by atoms with Crippen molar-refractivity contribution in [3.05, 3.63) is 23.8 Å². The molecule has 20 heavy (non-hydrogen) atoms. The normalized spacial score (nSPS) is 39.8. The number of nitrogens with zero attached hydrogens (tertiary/aromatic N) is 2. The molecule has 2 saturated heterocycles. The Labute approximate surface area is 115 Å². The maximum atomic E-state index is 12.4. The van der Waals surface area contributed by atoms with Gasteiger partial charge < -0.3 is 20.2 Å². The van der Waals surface area contributed by atoms with Crippen molar-refractivity contribution in [1.82, 2.24) is 9.80 Å². The molecule has 3 N–H and O–H groups in total. The number of aliphatic hydroxyl groups is 3. The largest absolute Gasteiger partial charge is 0.394 e. The first-order chi connectivity index (χ1) is 9.41. The lowest BCUT2D eigenvalue weighted by Crippen LogP contribution is -2.71. The predicted molar refractivity (Wildman–Crippen MR) is 67.1 cm³/mol. The van der Waals surface area contributed by atoms with Gasteiger partial charge in [-0.15, -0.1) is 0 Å². The van der Waals surface area contributed by atoms with Gasteiger partial charge in [0.25, 0.3) is 11.8 Å². The van der Waals surface area contributed by atoms with Crippen molar-refractivity contribution in [2.45, 2.75) is 30.3 Å². The Hall–Kier alpha value is -1.70. The Morgan fingerprint density at radius 2 is 2.15 bits per heavy atom. The molecule has 0 aromatic carbocycles. The molecular formula is C13H16N2O5. The van der Waals surface area contributed by atoms with E-state index < -0.39 is 42.3 Å². The number of fused-ring (bicyclic) bond motifs is 3. The third kappa shape index (κ3) is 1.45. The highest BCUT2D eigenvalue weighted by Crippen LogP contribution is 2.43. The molecule has 3 rings (SSSR count). The van der Waals surface area contributed by atoms with Crippen molar-refractivity contribution < 1.29 is 24.9 Å². The molecule has 0 spiro atoms. The summed E-state index contributed by atoms with van der Waals surface area (Å²) in [5, 5.41) is 30.0. The van der Waals surface area contributed by atoms with Gasteiger partial charge in [0.2, 0.25) is 5.72 Å². The molecule has 2 aliphatic heterocycles. The highest BCUT2D eigenvalue weighted by Gasteiger charge is 2.62. The van der Waals surface area contributed by atoms with Crippen molar-refractivity contribution in [3.63, 3.8) is 0 Å². The Balaban J connectivity index is 2.09. The van der Waals surface area contributed by atoms with Crippen LogP contribution < -0.4 is 0 Å². The number of amides is 2. The molecule has 0 unspecified atom stereocenters. The van der Waals surface area contributed by atoms with E-state index in [4.69, 9.17) is 0 Å². The topological polar surface area (TPSA) is 101 Å². The van der Waals surface area contributed by atoms with Crippen LogP contribution in [0.15, 0.2) is 23.8 Å². The molecule has 2 amide bonds. The second-order valence-corrected chi connectivity index (χ2v) is 5.38.